The summed E-state index contributed by atoms with van der Waals surface area (Å²) in [6.07, 6.45) is 2.23. The molecule has 29 heavy (non-hydrogen) atoms. The minimum Gasteiger partial charge on any atom is -0.493 e. The summed E-state index contributed by atoms with van der Waals surface area (Å²) in [7, 11) is 4.69. The number of carbonyl (C=O) groups excluding carboxylic acids is 1. The zero-order valence-electron chi connectivity index (χ0n) is 18.4. The largest absolute Gasteiger partial charge is 0.493 e. The molecule has 0 radical (unpaired) electrons. The number of hydrogen-bond acceptors (Lipinski definition) is 4. The maximum atomic E-state index is 12.5. The van der Waals surface area contributed by atoms with Crippen molar-refractivity contribution in [3.8, 4) is 17.2 Å². The van der Waals surface area contributed by atoms with Crippen LogP contribution in [0.3, 0.4) is 0 Å². The highest BCUT2D eigenvalue weighted by Gasteiger charge is 2.14. The lowest BCUT2D eigenvalue weighted by Crippen LogP contribution is -2.22. The molecule has 0 aromatic heterocycles. The number of ether oxygens (including phenoxy) is 3. The van der Waals surface area contributed by atoms with E-state index < -0.39 is 0 Å². The Morgan fingerprint density at radius 1 is 0.931 bits per heavy atom. The van der Waals surface area contributed by atoms with Gasteiger partial charge in [-0.15, -0.1) is 0 Å². The summed E-state index contributed by atoms with van der Waals surface area (Å²) in [5.41, 5.74) is 3.89. The van der Waals surface area contributed by atoms with E-state index >= 15 is 0 Å². The summed E-state index contributed by atoms with van der Waals surface area (Å²) in [5.74, 6) is 1.50. The molecule has 0 aliphatic carbocycles. The molecule has 0 aliphatic heterocycles. The van der Waals surface area contributed by atoms with Crippen LogP contribution in [-0.2, 0) is 6.54 Å². The SMILES string of the molecule is COc1cc(CNC(=O)c2ccc(C(C)=CC(C)(C)C)cc2)cc(OC)c1OC. The van der Waals surface area contributed by atoms with Gasteiger partial charge in [-0.2, -0.15) is 0 Å². The highest BCUT2D eigenvalue weighted by molar-refractivity contribution is 5.94. The molecule has 0 unspecified atom stereocenters. The van der Waals surface area contributed by atoms with Gasteiger partial charge in [0.25, 0.3) is 5.91 Å². The summed E-state index contributed by atoms with van der Waals surface area (Å²) in [6, 6.07) is 11.3. The molecule has 0 aliphatic rings. The number of methoxy groups -OCH3 is 3. The van der Waals surface area contributed by atoms with Gasteiger partial charge in [0.05, 0.1) is 21.3 Å². The average Bonchev–Trinajstić information content (AvgIpc) is 2.69. The van der Waals surface area contributed by atoms with E-state index in [9.17, 15) is 4.79 Å². The first-order valence-corrected chi connectivity index (χ1v) is 9.55. The highest BCUT2D eigenvalue weighted by atomic mass is 16.5. The molecule has 2 rings (SSSR count). The normalized spacial score (nSPS) is 11.8. The van der Waals surface area contributed by atoms with E-state index in [0.717, 1.165) is 11.1 Å². The Kier molecular flexibility index (Phi) is 7.32. The van der Waals surface area contributed by atoms with Crippen LogP contribution >= 0.6 is 0 Å². The molecule has 0 saturated carbocycles. The molecule has 5 nitrogen and oxygen atoms in total. The fraction of sp³-hybridized carbons (Fsp3) is 0.375. The fourth-order valence-corrected chi connectivity index (χ4v) is 3.14. The lowest BCUT2D eigenvalue weighted by atomic mass is 9.91. The van der Waals surface area contributed by atoms with Crippen LogP contribution in [-0.4, -0.2) is 27.2 Å². The summed E-state index contributed by atoms with van der Waals surface area (Å²) in [6.45, 7) is 8.94. The third kappa shape index (κ3) is 6.01. The third-order valence-corrected chi connectivity index (χ3v) is 4.43. The van der Waals surface area contributed by atoms with Crippen molar-refractivity contribution < 1.29 is 19.0 Å². The quantitative estimate of drug-likeness (QED) is 0.707. The van der Waals surface area contributed by atoms with Crippen molar-refractivity contribution in [2.45, 2.75) is 34.2 Å². The Hall–Kier alpha value is -2.95. The Balaban J connectivity index is 2.11. The van der Waals surface area contributed by atoms with E-state index in [-0.39, 0.29) is 11.3 Å². The number of rotatable bonds is 7. The van der Waals surface area contributed by atoms with Crippen LogP contribution in [0.15, 0.2) is 42.5 Å². The Labute approximate surface area is 173 Å². The summed E-state index contributed by atoms with van der Waals surface area (Å²) < 4.78 is 16.0. The highest BCUT2D eigenvalue weighted by Crippen LogP contribution is 2.38. The molecule has 0 bridgehead atoms. The Morgan fingerprint density at radius 2 is 1.45 bits per heavy atom. The van der Waals surface area contributed by atoms with E-state index in [1.165, 1.54) is 5.57 Å². The number of allylic oxidation sites excluding steroid dienone is 2. The van der Waals surface area contributed by atoms with Gasteiger partial charge in [-0.05, 0) is 53.3 Å². The second kappa shape index (κ2) is 9.50. The van der Waals surface area contributed by atoms with Crippen molar-refractivity contribution in [2.24, 2.45) is 5.41 Å². The van der Waals surface area contributed by atoms with Crippen LogP contribution in [0, 0.1) is 5.41 Å². The second-order valence-electron chi connectivity index (χ2n) is 7.99. The maximum Gasteiger partial charge on any atom is 0.251 e. The Morgan fingerprint density at radius 3 is 1.90 bits per heavy atom. The molecule has 5 heteroatoms. The molecule has 0 atom stereocenters. The predicted molar refractivity (Wildman–Crippen MR) is 117 cm³/mol. The summed E-state index contributed by atoms with van der Waals surface area (Å²) >= 11 is 0. The minimum absolute atomic E-state index is 0.112. The van der Waals surface area contributed by atoms with Gasteiger partial charge in [0.15, 0.2) is 11.5 Å². The zero-order valence-corrected chi connectivity index (χ0v) is 18.4. The minimum atomic E-state index is -0.136. The fourth-order valence-electron chi connectivity index (χ4n) is 3.14. The summed E-state index contributed by atoms with van der Waals surface area (Å²) in [5, 5.41) is 2.94. The molecule has 2 aromatic carbocycles. The van der Waals surface area contributed by atoms with Crippen LogP contribution in [0.25, 0.3) is 5.57 Å². The molecule has 156 valence electrons. The molecule has 0 fully saturated rings. The van der Waals surface area contributed by atoms with Crippen LogP contribution in [0.5, 0.6) is 17.2 Å². The van der Waals surface area contributed by atoms with Gasteiger partial charge in [-0.25, -0.2) is 0 Å². The second-order valence-corrected chi connectivity index (χ2v) is 7.99. The smallest absolute Gasteiger partial charge is 0.251 e. The lowest BCUT2D eigenvalue weighted by Gasteiger charge is -2.15. The first-order valence-electron chi connectivity index (χ1n) is 9.55. The standard InChI is InChI=1S/C24H31NO4/c1-16(14-24(2,3)4)18-8-10-19(11-9-18)23(26)25-15-17-12-20(27-5)22(29-7)21(13-17)28-6/h8-14H,15H2,1-7H3,(H,25,26). The van der Waals surface area contributed by atoms with Gasteiger partial charge in [0.2, 0.25) is 5.75 Å². The number of benzene rings is 2. The monoisotopic (exact) mass is 397 g/mol. The number of carbonyl (C=O) groups is 1. The van der Waals surface area contributed by atoms with E-state index in [2.05, 4.69) is 39.1 Å². The van der Waals surface area contributed by atoms with Crippen LogP contribution in [0.2, 0.25) is 0 Å². The van der Waals surface area contributed by atoms with Crippen LogP contribution in [0.4, 0.5) is 0 Å². The summed E-state index contributed by atoms with van der Waals surface area (Å²) in [4.78, 5) is 12.5. The number of nitrogens with one attached hydrogen (secondary N) is 1. The topological polar surface area (TPSA) is 56.8 Å². The van der Waals surface area contributed by atoms with Gasteiger partial charge in [0, 0.05) is 12.1 Å². The predicted octanol–water partition coefficient (Wildman–Crippen LogP) is 5.09. The van der Waals surface area contributed by atoms with Crippen LogP contribution in [0.1, 0.15) is 49.2 Å². The molecular formula is C24H31NO4. The molecule has 1 N–H and O–H groups in total. The molecule has 2 aromatic rings. The first kappa shape index (κ1) is 22.3. The van der Waals surface area contributed by atoms with Crippen molar-refractivity contribution in [3.05, 3.63) is 59.2 Å². The van der Waals surface area contributed by atoms with Gasteiger partial charge >= 0.3 is 0 Å². The number of amides is 1. The van der Waals surface area contributed by atoms with Gasteiger partial charge in [-0.1, -0.05) is 39.0 Å². The van der Waals surface area contributed by atoms with E-state index in [1.54, 1.807) is 21.3 Å². The molecule has 0 heterocycles. The maximum absolute atomic E-state index is 12.5. The van der Waals surface area contributed by atoms with Gasteiger partial charge in [0.1, 0.15) is 0 Å². The zero-order chi connectivity index (χ0) is 21.6. The van der Waals surface area contributed by atoms with Crippen molar-refractivity contribution in [2.75, 3.05) is 21.3 Å². The molecule has 1 amide bonds. The Bertz CT molecular complexity index is 852. The van der Waals surface area contributed by atoms with E-state index in [1.807, 2.05) is 36.4 Å². The van der Waals surface area contributed by atoms with E-state index in [4.69, 9.17) is 14.2 Å². The van der Waals surface area contributed by atoms with Gasteiger partial charge < -0.3 is 19.5 Å². The molecular weight excluding hydrogens is 366 g/mol. The van der Waals surface area contributed by atoms with Crippen molar-refractivity contribution >= 4 is 11.5 Å². The molecule has 0 spiro atoms. The molecule has 0 saturated heterocycles. The average molecular weight is 398 g/mol. The van der Waals surface area contributed by atoms with Crippen LogP contribution < -0.4 is 19.5 Å². The van der Waals surface area contributed by atoms with Crippen molar-refractivity contribution in [1.29, 1.82) is 0 Å². The third-order valence-electron chi connectivity index (χ3n) is 4.43. The van der Waals surface area contributed by atoms with Gasteiger partial charge in [-0.3, -0.25) is 4.79 Å². The van der Waals surface area contributed by atoms with Crippen molar-refractivity contribution in [3.63, 3.8) is 0 Å². The first-order chi connectivity index (χ1) is 13.7. The van der Waals surface area contributed by atoms with E-state index in [0.29, 0.717) is 29.4 Å². The lowest BCUT2D eigenvalue weighted by molar-refractivity contribution is 0.0951. The van der Waals surface area contributed by atoms with Crippen molar-refractivity contribution in [1.82, 2.24) is 5.32 Å². The number of hydrogen-bond donors (Lipinski definition) is 1.